The molecule has 1 aliphatic carbocycles. The maximum Gasteiger partial charge on any atom is 0.238 e. The lowest BCUT2D eigenvalue weighted by Gasteiger charge is -2.33. The Hall–Kier alpha value is -1.59. The van der Waals surface area contributed by atoms with Crippen molar-refractivity contribution in [2.24, 2.45) is 0 Å². The molecule has 1 aromatic carbocycles. The van der Waals surface area contributed by atoms with E-state index in [1.807, 2.05) is 12.1 Å². The van der Waals surface area contributed by atoms with Crippen molar-refractivity contribution in [1.29, 1.82) is 0 Å². The summed E-state index contributed by atoms with van der Waals surface area (Å²) < 4.78 is 5.27. The van der Waals surface area contributed by atoms with Crippen molar-refractivity contribution >= 4 is 5.91 Å². The second-order valence-corrected chi connectivity index (χ2v) is 7.20. The highest BCUT2D eigenvalue weighted by atomic mass is 16.5. The van der Waals surface area contributed by atoms with Gasteiger partial charge in [-0.05, 0) is 37.6 Å². The zero-order chi connectivity index (χ0) is 17.0. The van der Waals surface area contributed by atoms with E-state index in [-0.39, 0.29) is 17.4 Å². The summed E-state index contributed by atoms with van der Waals surface area (Å²) in [6.45, 7) is 3.37. The molecular formula is C19H29N3O2. The molecule has 132 valence electrons. The van der Waals surface area contributed by atoms with E-state index >= 15 is 0 Å². The molecular weight excluding hydrogens is 302 g/mol. The van der Waals surface area contributed by atoms with E-state index < -0.39 is 0 Å². The predicted molar refractivity (Wildman–Crippen MR) is 95.4 cm³/mol. The molecule has 0 radical (unpaired) electrons. The van der Waals surface area contributed by atoms with Crippen LogP contribution >= 0.6 is 0 Å². The topological polar surface area (TPSA) is 53.6 Å². The van der Waals surface area contributed by atoms with Gasteiger partial charge in [0.2, 0.25) is 5.91 Å². The summed E-state index contributed by atoms with van der Waals surface area (Å²) >= 11 is 0. The highest BCUT2D eigenvalue weighted by molar-refractivity contribution is 5.82. The van der Waals surface area contributed by atoms with Gasteiger partial charge in [0.15, 0.2) is 0 Å². The minimum absolute atomic E-state index is 0.0719. The van der Waals surface area contributed by atoms with Crippen molar-refractivity contribution in [2.45, 2.75) is 37.1 Å². The molecule has 2 N–H and O–H groups in total. The summed E-state index contributed by atoms with van der Waals surface area (Å²) in [4.78, 5) is 14.8. The summed E-state index contributed by atoms with van der Waals surface area (Å²) in [7, 11) is 3.76. The maximum absolute atomic E-state index is 12.6. The molecule has 1 amide bonds. The Kier molecular flexibility index (Phi) is 5.41. The van der Waals surface area contributed by atoms with Gasteiger partial charge in [0.25, 0.3) is 0 Å². The Morgan fingerprint density at radius 3 is 2.67 bits per heavy atom. The van der Waals surface area contributed by atoms with Crippen molar-refractivity contribution in [3.05, 3.63) is 29.8 Å². The molecule has 0 unspecified atom stereocenters. The molecule has 0 spiro atoms. The molecule has 0 aromatic heterocycles. The van der Waals surface area contributed by atoms with Gasteiger partial charge in [-0.2, -0.15) is 0 Å². The van der Waals surface area contributed by atoms with Crippen molar-refractivity contribution in [3.8, 4) is 5.75 Å². The molecule has 5 nitrogen and oxygen atoms in total. The lowest BCUT2D eigenvalue weighted by molar-refractivity contribution is -0.124. The first-order chi connectivity index (χ1) is 11.6. The fourth-order valence-electron chi connectivity index (χ4n) is 4.02. The highest BCUT2D eigenvalue weighted by Gasteiger charge is 2.36. The smallest absolute Gasteiger partial charge is 0.238 e. The third kappa shape index (κ3) is 3.73. The van der Waals surface area contributed by atoms with E-state index in [1.54, 1.807) is 7.11 Å². The molecule has 5 heteroatoms. The number of nitrogens with one attached hydrogen (secondary N) is 2. The van der Waals surface area contributed by atoms with E-state index in [9.17, 15) is 4.79 Å². The predicted octanol–water partition coefficient (Wildman–Crippen LogP) is 1.53. The fraction of sp³-hybridized carbons (Fsp3) is 0.632. The van der Waals surface area contributed by atoms with Gasteiger partial charge in [0.05, 0.1) is 13.2 Å². The number of carbonyl (C=O) groups excluding carboxylic acids is 1. The van der Waals surface area contributed by atoms with Crippen LogP contribution in [0.25, 0.3) is 0 Å². The first kappa shape index (κ1) is 17.2. The third-order valence-corrected chi connectivity index (χ3v) is 5.56. The van der Waals surface area contributed by atoms with Gasteiger partial charge in [0.1, 0.15) is 5.75 Å². The Labute approximate surface area is 144 Å². The molecule has 1 aromatic rings. The zero-order valence-corrected chi connectivity index (χ0v) is 14.8. The second kappa shape index (κ2) is 7.53. The first-order valence-corrected chi connectivity index (χ1v) is 8.97. The van der Waals surface area contributed by atoms with Crippen LogP contribution in [0.5, 0.6) is 5.75 Å². The van der Waals surface area contributed by atoms with Gasteiger partial charge in [0, 0.05) is 31.6 Å². The third-order valence-electron chi connectivity index (χ3n) is 5.56. The normalized spacial score (nSPS) is 23.8. The van der Waals surface area contributed by atoms with Crippen LogP contribution in [-0.2, 0) is 10.2 Å². The average molecular weight is 331 g/mol. The fourth-order valence-corrected chi connectivity index (χ4v) is 4.02. The summed E-state index contributed by atoms with van der Waals surface area (Å²) in [6.07, 6.45) is 4.73. The monoisotopic (exact) mass is 331 g/mol. The van der Waals surface area contributed by atoms with Crippen molar-refractivity contribution in [2.75, 3.05) is 40.3 Å². The molecule has 1 atom stereocenters. The van der Waals surface area contributed by atoms with E-state index in [4.69, 9.17) is 4.74 Å². The number of ether oxygens (including phenoxy) is 1. The largest absolute Gasteiger partial charge is 0.497 e. The Bertz CT molecular complexity index is 552. The number of piperazine rings is 1. The van der Waals surface area contributed by atoms with Crippen molar-refractivity contribution < 1.29 is 9.53 Å². The number of carbonyl (C=O) groups is 1. The van der Waals surface area contributed by atoms with Crippen LogP contribution in [0.4, 0.5) is 0 Å². The zero-order valence-electron chi connectivity index (χ0n) is 14.8. The molecule has 1 heterocycles. The minimum atomic E-state index is -0.0990. The van der Waals surface area contributed by atoms with Crippen LogP contribution in [-0.4, -0.2) is 57.2 Å². The van der Waals surface area contributed by atoms with Crippen LogP contribution in [0.3, 0.4) is 0 Å². The molecule has 0 bridgehead atoms. The van der Waals surface area contributed by atoms with Crippen LogP contribution < -0.4 is 15.4 Å². The van der Waals surface area contributed by atoms with E-state index in [0.717, 1.165) is 44.8 Å². The summed E-state index contributed by atoms with van der Waals surface area (Å²) in [6, 6.07) is 8.26. The van der Waals surface area contributed by atoms with Gasteiger partial charge in [-0.15, -0.1) is 0 Å². The van der Waals surface area contributed by atoms with Crippen LogP contribution in [0, 0.1) is 0 Å². The number of hydrogen-bond donors (Lipinski definition) is 2. The van der Waals surface area contributed by atoms with Crippen LogP contribution in [0.15, 0.2) is 24.3 Å². The quantitative estimate of drug-likeness (QED) is 0.859. The Morgan fingerprint density at radius 1 is 1.33 bits per heavy atom. The lowest BCUT2D eigenvalue weighted by atomic mass is 9.78. The van der Waals surface area contributed by atoms with E-state index in [1.165, 1.54) is 18.4 Å². The van der Waals surface area contributed by atoms with Gasteiger partial charge in [-0.25, -0.2) is 0 Å². The lowest BCUT2D eigenvalue weighted by Crippen LogP contribution is -2.57. The molecule has 1 aliphatic heterocycles. The van der Waals surface area contributed by atoms with E-state index in [0.29, 0.717) is 0 Å². The summed E-state index contributed by atoms with van der Waals surface area (Å²) in [5.74, 6) is 1.01. The Balaban J connectivity index is 1.66. The van der Waals surface area contributed by atoms with E-state index in [2.05, 4.69) is 34.7 Å². The summed E-state index contributed by atoms with van der Waals surface area (Å²) in [5.41, 5.74) is 1.39. The Morgan fingerprint density at radius 2 is 2.04 bits per heavy atom. The number of amides is 1. The molecule has 24 heavy (non-hydrogen) atoms. The highest BCUT2D eigenvalue weighted by Crippen LogP contribution is 2.41. The first-order valence-electron chi connectivity index (χ1n) is 8.97. The second-order valence-electron chi connectivity index (χ2n) is 7.20. The average Bonchev–Trinajstić information content (AvgIpc) is 3.10. The minimum Gasteiger partial charge on any atom is -0.497 e. The number of methoxy groups -OCH3 is 1. The molecule has 3 rings (SSSR count). The maximum atomic E-state index is 12.6. The molecule has 2 fully saturated rings. The van der Waals surface area contributed by atoms with Crippen LogP contribution in [0.1, 0.15) is 31.2 Å². The number of likely N-dealkylation sites (N-methyl/N-ethyl adjacent to an activating group) is 1. The van der Waals surface area contributed by atoms with Gasteiger partial charge >= 0.3 is 0 Å². The molecule has 1 saturated carbocycles. The van der Waals surface area contributed by atoms with Gasteiger partial charge in [-0.3, -0.25) is 4.79 Å². The molecule has 2 aliphatic rings. The number of rotatable bonds is 5. The van der Waals surface area contributed by atoms with Crippen molar-refractivity contribution in [1.82, 2.24) is 15.5 Å². The van der Waals surface area contributed by atoms with Gasteiger partial charge in [-0.1, -0.05) is 25.0 Å². The number of nitrogens with zero attached hydrogens (tertiary/aromatic N) is 1. The molecule has 1 saturated heterocycles. The van der Waals surface area contributed by atoms with Crippen LogP contribution in [0.2, 0.25) is 0 Å². The number of benzene rings is 1. The SMILES string of the molecule is COc1ccc(C2(CNC(=O)[C@H]3CN(C)CCN3)CCCC2)cc1. The van der Waals surface area contributed by atoms with Gasteiger partial charge < -0.3 is 20.3 Å². The standard InChI is InChI=1S/C19H29N3O2/c1-22-12-11-20-17(13-22)18(23)21-14-19(9-3-4-10-19)15-5-7-16(24-2)8-6-15/h5-8,17,20H,3-4,9-14H2,1-2H3,(H,21,23)/t17-/m1/s1. The van der Waals surface area contributed by atoms with Crippen molar-refractivity contribution in [3.63, 3.8) is 0 Å². The number of hydrogen-bond acceptors (Lipinski definition) is 4. The summed E-state index contributed by atoms with van der Waals surface area (Å²) in [5, 5.41) is 6.55.